The van der Waals surface area contributed by atoms with Gasteiger partial charge in [0.2, 0.25) is 0 Å². The minimum absolute atomic E-state index is 0.103. The van der Waals surface area contributed by atoms with Crippen LogP contribution < -0.4 is 20.1 Å². The molecule has 0 aliphatic carbocycles. The van der Waals surface area contributed by atoms with Crippen molar-refractivity contribution in [2.24, 2.45) is 0 Å². The maximum Gasteiger partial charge on any atom is 0.255 e. The number of rotatable bonds is 2. The van der Waals surface area contributed by atoms with Crippen molar-refractivity contribution < 1.29 is 14.3 Å². The van der Waals surface area contributed by atoms with Gasteiger partial charge in [-0.15, -0.1) is 0 Å². The van der Waals surface area contributed by atoms with Crippen molar-refractivity contribution in [1.29, 1.82) is 0 Å². The Bertz CT molecular complexity index is 495. The Balaban J connectivity index is 1.83. The van der Waals surface area contributed by atoms with Gasteiger partial charge in [-0.05, 0) is 32.0 Å². The van der Waals surface area contributed by atoms with Gasteiger partial charge in [-0.25, -0.2) is 0 Å². The fraction of sp³-hybridized carbons (Fsp3) is 0.500. The highest BCUT2D eigenvalue weighted by molar-refractivity contribution is 5.98. The van der Waals surface area contributed by atoms with Crippen LogP contribution in [0, 0.1) is 0 Å². The van der Waals surface area contributed by atoms with Crippen LogP contribution in [0.25, 0.3) is 0 Å². The number of carbonyl (C=O) groups is 1. The molecule has 3 rings (SSSR count). The van der Waals surface area contributed by atoms with Gasteiger partial charge in [-0.1, -0.05) is 6.07 Å². The number of amides is 1. The summed E-state index contributed by atoms with van der Waals surface area (Å²) in [7, 11) is 0. The Morgan fingerprint density at radius 1 is 1.37 bits per heavy atom. The minimum atomic E-state index is -0.185. The standard InChI is InChI=1S/C14H18N2O3/c1-14(5-6-15-9-14)16-13(17)10-3-2-4-11-12(10)19-8-7-18-11/h2-4,15H,5-9H2,1H3,(H,16,17). The fourth-order valence-corrected chi connectivity index (χ4v) is 2.52. The summed E-state index contributed by atoms with van der Waals surface area (Å²) in [5, 5.41) is 6.35. The maximum atomic E-state index is 12.4. The first-order chi connectivity index (χ1) is 9.18. The molecule has 1 atom stereocenters. The molecule has 0 saturated carbocycles. The molecule has 0 aromatic heterocycles. The Morgan fingerprint density at radius 3 is 3.00 bits per heavy atom. The molecule has 102 valence electrons. The van der Waals surface area contributed by atoms with E-state index in [2.05, 4.69) is 17.6 Å². The van der Waals surface area contributed by atoms with E-state index >= 15 is 0 Å². The predicted octanol–water partition coefficient (Wildman–Crippen LogP) is 0.940. The summed E-state index contributed by atoms with van der Waals surface area (Å²) < 4.78 is 11.1. The molecule has 0 spiro atoms. The molecule has 2 N–H and O–H groups in total. The first-order valence-electron chi connectivity index (χ1n) is 6.60. The van der Waals surface area contributed by atoms with E-state index in [0.29, 0.717) is 30.3 Å². The third-order valence-corrected chi connectivity index (χ3v) is 3.59. The first-order valence-corrected chi connectivity index (χ1v) is 6.60. The molecule has 5 nitrogen and oxygen atoms in total. The summed E-state index contributed by atoms with van der Waals surface area (Å²) in [5.41, 5.74) is 0.361. The van der Waals surface area contributed by atoms with Crippen LogP contribution in [0.3, 0.4) is 0 Å². The quantitative estimate of drug-likeness (QED) is 0.833. The second-order valence-electron chi connectivity index (χ2n) is 5.27. The number of carbonyl (C=O) groups excluding carboxylic acids is 1. The van der Waals surface area contributed by atoms with E-state index < -0.39 is 0 Å². The summed E-state index contributed by atoms with van der Waals surface area (Å²) in [6.07, 6.45) is 0.936. The number of fused-ring (bicyclic) bond motifs is 1. The van der Waals surface area contributed by atoms with Crippen molar-refractivity contribution in [3.8, 4) is 11.5 Å². The molecule has 0 bridgehead atoms. The van der Waals surface area contributed by atoms with Gasteiger partial charge in [0.15, 0.2) is 11.5 Å². The summed E-state index contributed by atoms with van der Waals surface area (Å²) in [6.45, 7) is 4.79. The van der Waals surface area contributed by atoms with Crippen LogP contribution in [0.5, 0.6) is 11.5 Å². The Morgan fingerprint density at radius 2 is 2.21 bits per heavy atom. The molecule has 1 saturated heterocycles. The lowest BCUT2D eigenvalue weighted by atomic mass is 10.0. The lowest BCUT2D eigenvalue weighted by molar-refractivity contribution is 0.0902. The Labute approximate surface area is 112 Å². The molecule has 19 heavy (non-hydrogen) atoms. The Hall–Kier alpha value is -1.75. The summed E-state index contributed by atoms with van der Waals surface area (Å²) >= 11 is 0. The number of ether oxygens (including phenoxy) is 2. The maximum absolute atomic E-state index is 12.4. The van der Waals surface area contributed by atoms with Crippen LogP contribution in [0.2, 0.25) is 0 Å². The summed E-state index contributed by atoms with van der Waals surface area (Å²) in [6, 6.07) is 5.41. The van der Waals surface area contributed by atoms with Gasteiger partial charge in [0.25, 0.3) is 5.91 Å². The van der Waals surface area contributed by atoms with E-state index in [4.69, 9.17) is 9.47 Å². The normalized spacial score (nSPS) is 25.1. The van der Waals surface area contributed by atoms with Gasteiger partial charge in [0.05, 0.1) is 11.1 Å². The van der Waals surface area contributed by atoms with Crippen LogP contribution >= 0.6 is 0 Å². The average Bonchev–Trinajstić information content (AvgIpc) is 2.84. The molecule has 2 aliphatic heterocycles. The van der Waals surface area contributed by atoms with E-state index in [1.54, 1.807) is 6.07 Å². The van der Waals surface area contributed by atoms with Gasteiger partial charge in [0, 0.05) is 6.54 Å². The van der Waals surface area contributed by atoms with Crippen molar-refractivity contribution in [2.45, 2.75) is 18.9 Å². The van der Waals surface area contributed by atoms with E-state index in [0.717, 1.165) is 19.5 Å². The molecule has 5 heteroatoms. The van der Waals surface area contributed by atoms with Crippen molar-refractivity contribution in [2.75, 3.05) is 26.3 Å². The number of nitrogens with one attached hydrogen (secondary N) is 2. The molecule has 1 aromatic carbocycles. The second-order valence-corrected chi connectivity index (χ2v) is 5.27. The molecule has 0 radical (unpaired) electrons. The van der Waals surface area contributed by atoms with Crippen LogP contribution in [0.4, 0.5) is 0 Å². The second kappa shape index (κ2) is 4.74. The average molecular weight is 262 g/mol. The van der Waals surface area contributed by atoms with Crippen LogP contribution in [0.15, 0.2) is 18.2 Å². The third-order valence-electron chi connectivity index (χ3n) is 3.59. The van der Waals surface area contributed by atoms with Gasteiger partial charge in [-0.3, -0.25) is 4.79 Å². The van der Waals surface area contributed by atoms with E-state index in [1.165, 1.54) is 0 Å². The fourth-order valence-electron chi connectivity index (χ4n) is 2.52. The molecule has 1 unspecified atom stereocenters. The first kappa shape index (κ1) is 12.3. The molecule has 2 aliphatic rings. The van der Waals surface area contributed by atoms with Gasteiger partial charge in [0.1, 0.15) is 13.2 Å². The summed E-state index contributed by atoms with van der Waals surface area (Å²) in [5.74, 6) is 1.10. The van der Waals surface area contributed by atoms with Gasteiger partial charge in [-0.2, -0.15) is 0 Å². The molecular formula is C14H18N2O3. The lowest BCUT2D eigenvalue weighted by Gasteiger charge is -2.26. The van der Waals surface area contributed by atoms with Crippen molar-refractivity contribution in [3.63, 3.8) is 0 Å². The predicted molar refractivity (Wildman–Crippen MR) is 70.8 cm³/mol. The van der Waals surface area contributed by atoms with E-state index in [1.807, 2.05) is 12.1 Å². The van der Waals surface area contributed by atoms with Gasteiger partial charge < -0.3 is 20.1 Å². The molecule has 1 fully saturated rings. The van der Waals surface area contributed by atoms with Gasteiger partial charge >= 0.3 is 0 Å². The minimum Gasteiger partial charge on any atom is -0.486 e. The number of benzene rings is 1. The molecule has 1 amide bonds. The largest absolute Gasteiger partial charge is 0.486 e. The van der Waals surface area contributed by atoms with Crippen LogP contribution in [-0.2, 0) is 0 Å². The highest BCUT2D eigenvalue weighted by atomic mass is 16.6. The van der Waals surface area contributed by atoms with Crippen LogP contribution in [-0.4, -0.2) is 37.7 Å². The number of hydrogen-bond acceptors (Lipinski definition) is 4. The van der Waals surface area contributed by atoms with E-state index in [-0.39, 0.29) is 11.4 Å². The third kappa shape index (κ3) is 2.38. The highest BCUT2D eigenvalue weighted by Crippen LogP contribution is 2.33. The van der Waals surface area contributed by atoms with E-state index in [9.17, 15) is 4.79 Å². The van der Waals surface area contributed by atoms with Crippen molar-refractivity contribution in [1.82, 2.24) is 10.6 Å². The van der Waals surface area contributed by atoms with Crippen molar-refractivity contribution in [3.05, 3.63) is 23.8 Å². The number of hydrogen-bond donors (Lipinski definition) is 2. The number of para-hydroxylation sites is 1. The molecule has 2 heterocycles. The van der Waals surface area contributed by atoms with Crippen LogP contribution in [0.1, 0.15) is 23.7 Å². The Kier molecular flexibility index (Phi) is 3.06. The smallest absolute Gasteiger partial charge is 0.255 e. The summed E-state index contributed by atoms with van der Waals surface area (Å²) in [4.78, 5) is 12.4. The zero-order valence-corrected chi connectivity index (χ0v) is 11.0. The monoisotopic (exact) mass is 262 g/mol. The zero-order valence-electron chi connectivity index (χ0n) is 11.0. The lowest BCUT2D eigenvalue weighted by Crippen LogP contribution is -2.47. The zero-order chi connectivity index (χ0) is 13.3. The molecule has 1 aromatic rings. The highest BCUT2D eigenvalue weighted by Gasteiger charge is 2.31. The molecular weight excluding hydrogens is 244 g/mol. The van der Waals surface area contributed by atoms with Crippen molar-refractivity contribution >= 4 is 5.91 Å². The topological polar surface area (TPSA) is 59.6 Å². The SMILES string of the molecule is CC1(NC(=O)c2cccc3c2OCCO3)CCNC1.